The van der Waals surface area contributed by atoms with Gasteiger partial charge in [0.1, 0.15) is 11.5 Å². The lowest BCUT2D eigenvalue weighted by atomic mass is 9.94. The smallest absolute Gasteiger partial charge is 0.126 e. The average molecular weight is 246 g/mol. The van der Waals surface area contributed by atoms with E-state index in [-0.39, 0.29) is 12.5 Å². The first-order chi connectivity index (χ1) is 7.48. The van der Waals surface area contributed by atoms with Gasteiger partial charge in [-0.25, -0.2) is 8.78 Å². The van der Waals surface area contributed by atoms with Gasteiger partial charge in [-0.05, 0) is 43.0 Å². The molecule has 1 saturated carbocycles. The van der Waals surface area contributed by atoms with Gasteiger partial charge in [-0.2, -0.15) is 0 Å². The Hall–Kier alpha value is -0.670. The van der Waals surface area contributed by atoms with E-state index in [1.165, 1.54) is 18.2 Å². The molecule has 16 heavy (non-hydrogen) atoms. The van der Waals surface area contributed by atoms with Crippen LogP contribution >= 0.6 is 11.6 Å². The van der Waals surface area contributed by atoms with Crippen molar-refractivity contribution < 1.29 is 8.78 Å². The van der Waals surface area contributed by atoms with Crippen LogP contribution in [0.25, 0.3) is 0 Å². The Bertz CT molecular complexity index is 397. The second-order valence-corrected chi connectivity index (χ2v) is 5.00. The van der Waals surface area contributed by atoms with E-state index in [1.54, 1.807) is 0 Å². The molecule has 1 aromatic rings. The van der Waals surface area contributed by atoms with Crippen molar-refractivity contribution in [3.8, 4) is 0 Å². The molecule has 0 spiro atoms. The van der Waals surface area contributed by atoms with Crippen molar-refractivity contribution >= 4 is 11.6 Å². The first-order valence-corrected chi connectivity index (χ1v) is 5.75. The Kier molecular flexibility index (Phi) is 3.17. The van der Waals surface area contributed by atoms with E-state index in [4.69, 9.17) is 17.3 Å². The Labute approximate surface area is 98.6 Å². The Balaban J connectivity index is 2.17. The number of hydrogen-bond donors (Lipinski definition) is 1. The van der Waals surface area contributed by atoms with E-state index >= 15 is 0 Å². The molecule has 4 heteroatoms. The monoisotopic (exact) mass is 245 g/mol. The van der Waals surface area contributed by atoms with Gasteiger partial charge in [0, 0.05) is 17.5 Å². The quantitative estimate of drug-likeness (QED) is 0.851. The molecule has 1 aliphatic carbocycles. The lowest BCUT2D eigenvalue weighted by Crippen LogP contribution is -2.26. The fourth-order valence-electron chi connectivity index (χ4n) is 2.30. The van der Waals surface area contributed by atoms with Crippen molar-refractivity contribution in [1.29, 1.82) is 0 Å². The predicted octanol–water partition coefficient (Wildman–Crippen LogP) is 3.24. The fourth-order valence-corrected chi connectivity index (χ4v) is 2.49. The number of nitrogens with two attached hydrogens (primary N) is 1. The number of hydrogen-bond acceptors (Lipinski definition) is 1. The van der Waals surface area contributed by atoms with E-state index in [9.17, 15) is 8.78 Å². The van der Waals surface area contributed by atoms with Crippen LogP contribution in [0, 0.1) is 5.82 Å². The van der Waals surface area contributed by atoms with E-state index in [2.05, 4.69) is 0 Å². The molecule has 0 heterocycles. The highest BCUT2D eigenvalue weighted by Gasteiger charge is 2.38. The summed E-state index contributed by atoms with van der Waals surface area (Å²) in [6.45, 7) is 0. The van der Waals surface area contributed by atoms with Gasteiger partial charge in [0.2, 0.25) is 0 Å². The zero-order valence-electron chi connectivity index (χ0n) is 8.85. The molecule has 0 aliphatic heterocycles. The average Bonchev–Trinajstić information content (AvgIpc) is 2.52. The fraction of sp³-hybridized carbons (Fsp3) is 0.500. The van der Waals surface area contributed by atoms with Crippen molar-refractivity contribution in [2.24, 2.45) is 5.73 Å². The molecule has 0 amide bonds. The van der Waals surface area contributed by atoms with Gasteiger partial charge in [-0.3, -0.25) is 0 Å². The highest BCUT2D eigenvalue weighted by Crippen LogP contribution is 2.36. The molecule has 2 atom stereocenters. The lowest BCUT2D eigenvalue weighted by Gasteiger charge is -2.19. The summed E-state index contributed by atoms with van der Waals surface area (Å²) in [6, 6.07) is 4.12. The van der Waals surface area contributed by atoms with Gasteiger partial charge in [0.25, 0.3) is 0 Å². The summed E-state index contributed by atoms with van der Waals surface area (Å²) < 4.78 is 27.7. The molecule has 0 aromatic heterocycles. The Morgan fingerprint density at radius 3 is 2.88 bits per heavy atom. The maximum atomic E-state index is 14.3. The molecule has 2 unspecified atom stereocenters. The molecular formula is C12H14ClF2N. The van der Waals surface area contributed by atoms with Crippen LogP contribution in [-0.4, -0.2) is 11.7 Å². The summed E-state index contributed by atoms with van der Waals surface area (Å²) in [5.41, 5.74) is 4.64. The molecule has 88 valence electrons. The van der Waals surface area contributed by atoms with Crippen molar-refractivity contribution in [2.45, 2.75) is 37.4 Å². The first-order valence-electron chi connectivity index (χ1n) is 5.37. The van der Waals surface area contributed by atoms with Crippen LogP contribution in [0.5, 0.6) is 0 Å². The normalized spacial score (nSPS) is 29.6. The summed E-state index contributed by atoms with van der Waals surface area (Å²) in [5, 5.41) is 0.433. The third-order valence-corrected chi connectivity index (χ3v) is 3.34. The molecule has 0 saturated heterocycles. The highest BCUT2D eigenvalue weighted by atomic mass is 35.5. The summed E-state index contributed by atoms with van der Waals surface area (Å²) in [6.07, 6.45) is 1.44. The SMILES string of the molecule is NC1CCC(F)(Cc2cc(Cl)ccc2F)C1. The van der Waals surface area contributed by atoms with E-state index in [1.807, 2.05) is 0 Å². The van der Waals surface area contributed by atoms with Gasteiger partial charge < -0.3 is 5.73 Å². The molecule has 1 fully saturated rings. The molecule has 2 N–H and O–H groups in total. The molecule has 1 nitrogen and oxygen atoms in total. The zero-order valence-corrected chi connectivity index (χ0v) is 9.61. The van der Waals surface area contributed by atoms with Crippen molar-refractivity contribution in [1.82, 2.24) is 0 Å². The van der Waals surface area contributed by atoms with Crippen LogP contribution in [0.2, 0.25) is 5.02 Å². The summed E-state index contributed by atoms with van der Waals surface area (Å²) >= 11 is 5.76. The molecule has 2 rings (SSSR count). The molecule has 0 radical (unpaired) electrons. The predicted molar refractivity (Wildman–Crippen MR) is 60.8 cm³/mol. The second-order valence-electron chi connectivity index (χ2n) is 4.57. The largest absolute Gasteiger partial charge is 0.328 e. The van der Waals surface area contributed by atoms with Crippen LogP contribution in [0.4, 0.5) is 8.78 Å². The summed E-state index contributed by atoms with van der Waals surface area (Å²) in [4.78, 5) is 0. The number of benzene rings is 1. The summed E-state index contributed by atoms with van der Waals surface area (Å²) in [5.74, 6) is -0.401. The number of halogens is 3. The van der Waals surface area contributed by atoms with E-state index in [0.29, 0.717) is 29.8 Å². The van der Waals surface area contributed by atoms with Gasteiger partial charge in [0.05, 0.1) is 0 Å². The number of alkyl halides is 1. The maximum absolute atomic E-state index is 14.3. The third kappa shape index (κ3) is 2.53. The minimum absolute atomic E-state index is 0.0626. The molecular weight excluding hydrogens is 232 g/mol. The van der Waals surface area contributed by atoms with Gasteiger partial charge in [-0.1, -0.05) is 11.6 Å². The number of rotatable bonds is 2. The molecule has 1 aliphatic rings. The minimum atomic E-state index is -1.37. The highest BCUT2D eigenvalue weighted by molar-refractivity contribution is 6.30. The summed E-state index contributed by atoms with van der Waals surface area (Å²) in [7, 11) is 0. The van der Waals surface area contributed by atoms with Gasteiger partial charge >= 0.3 is 0 Å². The molecule has 1 aromatic carbocycles. The van der Waals surface area contributed by atoms with E-state index in [0.717, 1.165) is 0 Å². The van der Waals surface area contributed by atoms with Crippen molar-refractivity contribution in [3.63, 3.8) is 0 Å². The van der Waals surface area contributed by atoms with Gasteiger partial charge in [0.15, 0.2) is 0 Å². The third-order valence-electron chi connectivity index (χ3n) is 3.11. The van der Waals surface area contributed by atoms with Crippen molar-refractivity contribution in [2.75, 3.05) is 0 Å². The van der Waals surface area contributed by atoms with Crippen LogP contribution < -0.4 is 5.73 Å². The second kappa shape index (κ2) is 4.30. The van der Waals surface area contributed by atoms with Crippen LogP contribution in [0.3, 0.4) is 0 Å². The topological polar surface area (TPSA) is 26.0 Å². The molecule has 0 bridgehead atoms. The van der Waals surface area contributed by atoms with Crippen LogP contribution in [-0.2, 0) is 6.42 Å². The van der Waals surface area contributed by atoms with Gasteiger partial charge in [-0.15, -0.1) is 0 Å². The van der Waals surface area contributed by atoms with Crippen LogP contribution in [0.15, 0.2) is 18.2 Å². The first kappa shape index (κ1) is 11.8. The Morgan fingerprint density at radius 2 is 2.25 bits per heavy atom. The van der Waals surface area contributed by atoms with E-state index < -0.39 is 11.5 Å². The maximum Gasteiger partial charge on any atom is 0.126 e. The lowest BCUT2D eigenvalue weighted by molar-refractivity contribution is 0.169. The zero-order chi connectivity index (χ0) is 11.8. The standard InChI is InChI=1S/C12H14ClF2N/c13-9-1-2-11(14)8(5-9)6-12(15)4-3-10(16)7-12/h1-2,5,10H,3-4,6-7,16H2. The minimum Gasteiger partial charge on any atom is -0.328 e. The van der Waals surface area contributed by atoms with Crippen molar-refractivity contribution in [3.05, 3.63) is 34.6 Å². The Morgan fingerprint density at radius 1 is 1.50 bits per heavy atom. The van der Waals surface area contributed by atoms with Crippen LogP contribution in [0.1, 0.15) is 24.8 Å².